The van der Waals surface area contributed by atoms with Crippen LogP contribution in [0.25, 0.3) is 0 Å². The minimum absolute atomic E-state index is 0.308. The Bertz CT molecular complexity index is 357. The van der Waals surface area contributed by atoms with Crippen LogP contribution in [0.3, 0.4) is 0 Å². The molecule has 1 aliphatic rings. The zero-order valence-corrected chi connectivity index (χ0v) is 9.61. The highest BCUT2D eigenvalue weighted by molar-refractivity contribution is 6.35. The number of carboxylic acid groups (broad SMARTS) is 2. The van der Waals surface area contributed by atoms with Crippen molar-refractivity contribution in [2.45, 2.75) is 33.6 Å². The van der Waals surface area contributed by atoms with Crippen molar-refractivity contribution in [3.63, 3.8) is 0 Å². The van der Waals surface area contributed by atoms with Crippen molar-refractivity contribution < 1.29 is 24.6 Å². The van der Waals surface area contributed by atoms with Crippen molar-refractivity contribution in [3.8, 4) is 0 Å². The van der Waals surface area contributed by atoms with Crippen LogP contribution in [0, 0.1) is 16.7 Å². The number of carbonyl (C=O) groups excluding carboxylic acids is 1. The van der Waals surface area contributed by atoms with E-state index < -0.39 is 34.5 Å². The summed E-state index contributed by atoms with van der Waals surface area (Å²) in [4.78, 5) is 33.5. The molecule has 90 valence electrons. The predicted octanol–water partition coefficient (Wildman–Crippen LogP) is 1.17. The molecule has 1 fully saturated rings. The second-order valence-electron chi connectivity index (χ2n) is 5.12. The summed E-state index contributed by atoms with van der Waals surface area (Å²) in [6, 6.07) is 0. The molecular formula is C11H16O5. The molecule has 0 aromatic rings. The van der Waals surface area contributed by atoms with Crippen LogP contribution in [0.1, 0.15) is 33.6 Å². The Kier molecular flexibility index (Phi) is 2.83. The third-order valence-corrected chi connectivity index (χ3v) is 4.22. The molecule has 1 rings (SSSR count). The number of carboxylic acids is 2. The van der Waals surface area contributed by atoms with E-state index in [1.807, 2.05) is 0 Å². The van der Waals surface area contributed by atoms with Gasteiger partial charge in [0, 0.05) is 5.41 Å². The highest BCUT2D eigenvalue weighted by Crippen LogP contribution is 2.56. The van der Waals surface area contributed by atoms with Gasteiger partial charge in [-0.3, -0.25) is 9.59 Å². The molecule has 0 unspecified atom stereocenters. The van der Waals surface area contributed by atoms with Gasteiger partial charge in [-0.25, -0.2) is 4.79 Å². The second kappa shape index (κ2) is 3.57. The Morgan fingerprint density at radius 1 is 1.12 bits per heavy atom. The van der Waals surface area contributed by atoms with Gasteiger partial charge in [0.2, 0.25) is 5.78 Å². The Morgan fingerprint density at radius 2 is 1.62 bits per heavy atom. The first-order valence-corrected chi connectivity index (χ1v) is 5.15. The van der Waals surface area contributed by atoms with Gasteiger partial charge in [0.25, 0.3) is 0 Å². The molecular weight excluding hydrogens is 212 g/mol. The van der Waals surface area contributed by atoms with Gasteiger partial charge in [0.1, 0.15) is 0 Å². The Morgan fingerprint density at radius 3 is 1.94 bits per heavy atom. The number of Topliss-reactive ketones (excluding diaryl/α,β-unsaturated/α-hetero) is 1. The Balaban J connectivity index is 3.14. The molecule has 1 saturated carbocycles. The zero-order chi connectivity index (χ0) is 12.7. The maximum absolute atomic E-state index is 11.7. The number of hydrogen-bond acceptors (Lipinski definition) is 3. The summed E-state index contributed by atoms with van der Waals surface area (Å²) in [7, 11) is 0. The molecule has 5 heteroatoms. The van der Waals surface area contributed by atoms with E-state index in [0.29, 0.717) is 12.8 Å². The number of aliphatic carboxylic acids is 2. The topological polar surface area (TPSA) is 91.7 Å². The lowest BCUT2D eigenvalue weighted by molar-refractivity contribution is -0.159. The van der Waals surface area contributed by atoms with E-state index in [1.165, 1.54) is 0 Å². The normalized spacial score (nSPS) is 32.3. The van der Waals surface area contributed by atoms with Gasteiger partial charge in [-0.15, -0.1) is 0 Å². The monoisotopic (exact) mass is 228 g/mol. The average Bonchev–Trinajstić information content (AvgIpc) is 2.37. The summed E-state index contributed by atoms with van der Waals surface area (Å²) >= 11 is 0. The Labute approximate surface area is 93.5 Å². The molecule has 2 atom stereocenters. The zero-order valence-electron chi connectivity index (χ0n) is 9.61. The van der Waals surface area contributed by atoms with E-state index in [4.69, 9.17) is 10.2 Å². The van der Waals surface area contributed by atoms with E-state index in [2.05, 4.69) is 0 Å². The van der Waals surface area contributed by atoms with E-state index in [9.17, 15) is 14.4 Å². The molecule has 0 radical (unpaired) electrons. The molecule has 0 aliphatic heterocycles. The summed E-state index contributed by atoms with van der Waals surface area (Å²) in [6.45, 7) is 4.85. The molecule has 0 amide bonds. The number of rotatable bonds is 3. The summed E-state index contributed by atoms with van der Waals surface area (Å²) in [5, 5.41) is 17.8. The van der Waals surface area contributed by atoms with Crippen molar-refractivity contribution in [1.29, 1.82) is 0 Å². The molecule has 1 aliphatic carbocycles. The van der Waals surface area contributed by atoms with E-state index in [-0.39, 0.29) is 0 Å². The van der Waals surface area contributed by atoms with Crippen LogP contribution < -0.4 is 0 Å². The first kappa shape index (κ1) is 12.7. The molecule has 2 N–H and O–H groups in total. The molecule has 0 aromatic carbocycles. The van der Waals surface area contributed by atoms with Crippen molar-refractivity contribution in [2.75, 3.05) is 0 Å². The van der Waals surface area contributed by atoms with Gasteiger partial charge >= 0.3 is 11.9 Å². The largest absolute Gasteiger partial charge is 0.481 e. The van der Waals surface area contributed by atoms with Crippen LogP contribution in [-0.2, 0) is 14.4 Å². The van der Waals surface area contributed by atoms with Gasteiger partial charge in [-0.2, -0.15) is 0 Å². The average molecular weight is 228 g/mol. The quantitative estimate of drug-likeness (QED) is 0.707. The highest BCUT2D eigenvalue weighted by Gasteiger charge is 2.59. The van der Waals surface area contributed by atoms with Crippen LogP contribution in [0.4, 0.5) is 0 Å². The standard InChI is InChI=1S/C11H16O5/c1-10(2)6(8(13)14)4-5-11(10,3)7(12)9(15)16/h6H,4-5H2,1-3H3,(H,13,14)(H,15,16)/t6-,11-/m1/s1. The predicted molar refractivity (Wildman–Crippen MR) is 54.9 cm³/mol. The number of ketones is 1. The molecule has 0 aromatic heterocycles. The fourth-order valence-electron chi connectivity index (χ4n) is 2.57. The molecule has 0 saturated heterocycles. The summed E-state index contributed by atoms with van der Waals surface area (Å²) < 4.78 is 0. The van der Waals surface area contributed by atoms with E-state index >= 15 is 0 Å². The van der Waals surface area contributed by atoms with Crippen LogP contribution in [0.5, 0.6) is 0 Å². The lowest BCUT2D eigenvalue weighted by Crippen LogP contribution is -2.45. The molecule has 16 heavy (non-hydrogen) atoms. The summed E-state index contributed by atoms with van der Waals surface area (Å²) in [5.41, 5.74) is -1.93. The van der Waals surface area contributed by atoms with Gasteiger partial charge < -0.3 is 10.2 Å². The van der Waals surface area contributed by atoms with Crippen LogP contribution in [-0.4, -0.2) is 27.9 Å². The first-order chi connectivity index (χ1) is 7.14. The third kappa shape index (κ3) is 1.50. The number of hydrogen-bond donors (Lipinski definition) is 2. The molecule has 0 bridgehead atoms. The van der Waals surface area contributed by atoms with Crippen LogP contribution >= 0.6 is 0 Å². The second-order valence-corrected chi connectivity index (χ2v) is 5.12. The minimum atomic E-state index is -1.48. The van der Waals surface area contributed by atoms with E-state index in [1.54, 1.807) is 20.8 Å². The summed E-state index contributed by atoms with van der Waals surface area (Å²) in [6.07, 6.45) is 0.653. The van der Waals surface area contributed by atoms with Crippen molar-refractivity contribution >= 4 is 17.7 Å². The Hall–Kier alpha value is -1.39. The molecule has 0 spiro atoms. The van der Waals surface area contributed by atoms with Gasteiger partial charge in [-0.1, -0.05) is 20.8 Å². The fourth-order valence-corrected chi connectivity index (χ4v) is 2.57. The van der Waals surface area contributed by atoms with Gasteiger partial charge in [0.05, 0.1) is 5.92 Å². The molecule has 0 heterocycles. The van der Waals surface area contributed by atoms with Gasteiger partial charge in [-0.05, 0) is 18.3 Å². The third-order valence-electron chi connectivity index (χ3n) is 4.22. The SMILES string of the molecule is CC1(C)[C@@H](C(=O)O)CC[C@]1(C)C(=O)C(=O)O. The lowest BCUT2D eigenvalue weighted by atomic mass is 9.63. The minimum Gasteiger partial charge on any atom is -0.481 e. The van der Waals surface area contributed by atoms with Gasteiger partial charge in [0.15, 0.2) is 0 Å². The maximum atomic E-state index is 11.7. The fraction of sp³-hybridized carbons (Fsp3) is 0.727. The highest BCUT2D eigenvalue weighted by atomic mass is 16.4. The number of carbonyl (C=O) groups is 3. The summed E-state index contributed by atoms with van der Waals surface area (Å²) in [5.74, 6) is -4.00. The van der Waals surface area contributed by atoms with E-state index in [0.717, 1.165) is 0 Å². The van der Waals surface area contributed by atoms with Crippen LogP contribution in [0.2, 0.25) is 0 Å². The molecule has 5 nitrogen and oxygen atoms in total. The van der Waals surface area contributed by atoms with Crippen molar-refractivity contribution in [3.05, 3.63) is 0 Å². The maximum Gasteiger partial charge on any atom is 0.372 e. The van der Waals surface area contributed by atoms with Crippen molar-refractivity contribution in [2.24, 2.45) is 16.7 Å². The van der Waals surface area contributed by atoms with Crippen LogP contribution in [0.15, 0.2) is 0 Å². The smallest absolute Gasteiger partial charge is 0.372 e. The lowest BCUT2D eigenvalue weighted by Gasteiger charge is -2.37. The first-order valence-electron chi connectivity index (χ1n) is 5.15. The van der Waals surface area contributed by atoms with Crippen molar-refractivity contribution in [1.82, 2.24) is 0 Å².